The molecule has 0 aromatic carbocycles. The van der Waals surface area contributed by atoms with Gasteiger partial charge in [-0.25, -0.2) is 9.78 Å². The van der Waals surface area contributed by atoms with Crippen molar-refractivity contribution in [1.82, 2.24) is 14.8 Å². The lowest BCUT2D eigenvalue weighted by atomic mass is 10.3. The lowest BCUT2D eigenvalue weighted by Gasteiger charge is -2.33. The summed E-state index contributed by atoms with van der Waals surface area (Å²) in [6, 6.07) is 0. The van der Waals surface area contributed by atoms with Crippen LogP contribution in [0.3, 0.4) is 0 Å². The summed E-state index contributed by atoms with van der Waals surface area (Å²) in [6.07, 6.45) is 0.344. The van der Waals surface area contributed by atoms with Crippen LogP contribution in [-0.4, -0.2) is 64.5 Å². The molecular formula is C14H22N4O3S. The molecule has 0 bridgehead atoms. The molecule has 1 aromatic heterocycles. The lowest BCUT2D eigenvalue weighted by molar-refractivity contribution is -0.115. The summed E-state index contributed by atoms with van der Waals surface area (Å²) >= 11 is 1.25. The van der Waals surface area contributed by atoms with Gasteiger partial charge in [-0.3, -0.25) is 9.69 Å². The summed E-state index contributed by atoms with van der Waals surface area (Å²) in [6.45, 7) is 9.33. The SMILES string of the molecule is CCC(=O)Nc1nc(C(=O)O)c(CN2CCN(CC)CC2)s1. The topological polar surface area (TPSA) is 85.8 Å². The number of anilines is 1. The maximum atomic E-state index is 11.4. The highest BCUT2D eigenvalue weighted by molar-refractivity contribution is 7.16. The Morgan fingerprint density at radius 3 is 2.41 bits per heavy atom. The Labute approximate surface area is 133 Å². The standard InChI is InChI=1S/C14H22N4O3S/c1-3-11(19)15-14-16-12(13(20)21)10(22-14)9-18-7-5-17(4-2)6-8-18/h3-9H2,1-2H3,(H,20,21)(H,15,16,19). The summed E-state index contributed by atoms with van der Waals surface area (Å²) in [5.74, 6) is -1.20. The number of rotatable bonds is 6. The van der Waals surface area contributed by atoms with Crippen molar-refractivity contribution >= 4 is 28.3 Å². The van der Waals surface area contributed by atoms with Gasteiger partial charge in [-0.1, -0.05) is 25.2 Å². The van der Waals surface area contributed by atoms with Gasteiger partial charge in [-0.05, 0) is 6.54 Å². The number of aromatic nitrogens is 1. The van der Waals surface area contributed by atoms with Crippen LogP contribution in [0.25, 0.3) is 0 Å². The summed E-state index contributed by atoms with van der Waals surface area (Å²) in [5, 5.41) is 12.3. The molecule has 0 aliphatic carbocycles. The predicted molar refractivity (Wildman–Crippen MR) is 85.4 cm³/mol. The number of amides is 1. The highest BCUT2D eigenvalue weighted by Gasteiger charge is 2.22. The molecule has 0 spiro atoms. The third-order valence-corrected chi connectivity index (χ3v) is 4.70. The van der Waals surface area contributed by atoms with Gasteiger partial charge < -0.3 is 15.3 Å². The second-order valence-electron chi connectivity index (χ2n) is 5.21. The highest BCUT2D eigenvalue weighted by atomic mass is 32.1. The number of carbonyl (C=O) groups is 2. The molecule has 0 unspecified atom stereocenters. The van der Waals surface area contributed by atoms with E-state index >= 15 is 0 Å². The highest BCUT2D eigenvalue weighted by Crippen LogP contribution is 2.25. The van der Waals surface area contributed by atoms with E-state index in [1.807, 2.05) is 0 Å². The Balaban J connectivity index is 2.05. The molecule has 2 rings (SSSR count). The van der Waals surface area contributed by atoms with Gasteiger partial charge in [0.1, 0.15) is 0 Å². The molecule has 1 saturated heterocycles. The average Bonchev–Trinajstić information content (AvgIpc) is 2.90. The molecule has 22 heavy (non-hydrogen) atoms. The van der Waals surface area contributed by atoms with Crippen LogP contribution in [0, 0.1) is 0 Å². The maximum absolute atomic E-state index is 11.4. The normalized spacial score (nSPS) is 16.6. The number of hydrogen-bond acceptors (Lipinski definition) is 6. The lowest BCUT2D eigenvalue weighted by Crippen LogP contribution is -2.45. The molecule has 1 aromatic rings. The molecule has 1 aliphatic heterocycles. The summed E-state index contributed by atoms with van der Waals surface area (Å²) in [7, 11) is 0. The fraction of sp³-hybridized carbons (Fsp3) is 0.643. The first-order chi connectivity index (χ1) is 10.5. The average molecular weight is 326 g/mol. The zero-order valence-electron chi connectivity index (χ0n) is 13.0. The molecule has 0 atom stereocenters. The second kappa shape index (κ2) is 7.66. The largest absolute Gasteiger partial charge is 0.476 e. The third-order valence-electron chi connectivity index (χ3n) is 3.75. The molecule has 2 heterocycles. The Bertz CT molecular complexity index is 538. The molecule has 0 radical (unpaired) electrons. The van der Waals surface area contributed by atoms with E-state index in [4.69, 9.17) is 0 Å². The van der Waals surface area contributed by atoms with Crippen molar-refractivity contribution in [2.45, 2.75) is 26.8 Å². The number of nitrogens with zero attached hydrogens (tertiary/aromatic N) is 3. The van der Waals surface area contributed by atoms with Gasteiger partial charge in [0.15, 0.2) is 10.8 Å². The number of carboxylic acid groups (broad SMARTS) is 1. The van der Waals surface area contributed by atoms with Crippen LogP contribution in [0.1, 0.15) is 35.6 Å². The van der Waals surface area contributed by atoms with E-state index in [0.717, 1.165) is 32.7 Å². The van der Waals surface area contributed by atoms with Gasteiger partial charge in [-0.15, -0.1) is 0 Å². The van der Waals surface area contributed by atoms with E-state index < -0.39 is 5.97 Å². The van der Waals surface area contributed by atoms with Gasteiger partial charge in [0.25, 0.3) is 0 Å². The number of likely N-dealkylation sites (N-methyl/N-ethyl adjacent to an activating group) is 1. The Kier molecular flexibility index (Phi) is 5.87. The van der Waals surface area contributed by atoms with Crippen LogP contribution in [0.15, 0.2) is 0 Å². The minimum atomic E-state index is -1.05. The fourth-order valence-electron chi connectivity index (χ4n) is 2.35. The maximum Gasteiger partial charge on any atom is 0.355 e. The van der Waals surface area contributed by atoms with Crippen molar-refractivity contribution in [3.63, 3.8) is 0 Å². The molecule has 7 nitrogen and oxygen atoms in total. The molecular weight excluding hydrogens is 304 g/mol. The monoisotopic (exact) mass is 326 g/mol. The molecule has 2 N–H and O–H groups in total. The number of nitrogens with one attached hydrogen (secondary N) is 1. The minimum Gasteiger partial charge on any atom is -0.476 e. The Morgan fingerprint density at radius 1 is 1.23 bits per heavy atom. The molecule has 1 fully saturated rings. The van der Waals surface area contributed by atoms with E-state index in [1.54, 1.807) is 6.92 Å². The van der Waals surface area contributed by atoms with Crippen LogP contribution >= 0.6 is 11.3 Å². The van der Waals surface area contributed by atoms with Gasteiger partial charge >= 0.3 is 5.97 Å². The number of thiazole rings is 1. The predicted octanol–water partition coefficient (Wildman–Crippen LogP) is 1.33. The zero-order valence-corrected chi connectivity index (χ0v) is 13.8. The van der Waals surface area contributed by atoms with Crippen LogP contribution < -0.4 is 5.32 Å². The van der Waals surface area contributed by atoms with Crippen LogP contribution in [0.4, 0.5) is 5.13 Å². The summed E-state index contributed by atoms with van der Waals surface area (Å²) in [4.78, 5) is 32.1. The summed E-state index contributed by atoms with van der Waals surface area (Å²) < 4.78 is 0. The number of hydrogen-bond donors (Lipinski definition) is 2. The van der Waals surface area contributed by atoms with Crippen molar-refractivity contribution in [3.8, 4) is 0 Å². The van der Waals surface area contributed by atoms with Gasteiger partial charge in [0.05, 0.1) is 4.88 Å². The zero-order chi connectivity index (χ0) is 16.1. The van der Waals surface area contributed by atoms with Gasteiger partial charge in [0.2, 0.25) is 5.91 Å². The van der Waals surface area contributed by atoms with Gasteiger partial charge in [0, 0.05) is 39.1 Å². The van der Waals surface area contributed by atoms with Crippen molar-refractivity contribution < 1.29 is 14.7 Å². The van der Waals surface area contributed by atoms with E-state index in [0.29, 0.717) is 23.0 Å². The molecule has 8 heteroatoms. The number of carbonyl (C=O) groups excluding carboxylic acids is 1. The van der Waals surface area contributed by atoms with Crippen molar-refractivity contribution in [1.29, 1.82) is 0 Å². The molecule has 122 valence electrons. The number of aromatic carboxylic acids is 1. The molecule has 0 saturated carbocycles. The fourth-order valence-corrected chi connectivity index (χ4v) is 3.37. The van der Waals surface area contributed by atoms with Crippen LogP contribution in [-0.2, 0) is 11.3 Å². The molecule has 1 amide bonds. The minimum absolute atomic E-state index is 0.0503. The molecule has 1 aliphatic rings. The Hall–Kier alpha value is -1.51. The van der Waals surface area contributed by atoms with Crippen LogP contribution in [0.2, 0.25) is 0 Å². The summed E-state index contributed by atoms with van der Waals surface area (Å²) in [5.41, 5.74) is 0.0503. The van der Waals surface area contributed by atoms with Gasteiger partial charge in [-0.2, -0.15) is 0 Å². The van der Waals surface area contributed by atoms with Crippen molar-refractivity contribution in [3.05, 3.63) is 10.6 Å². The van der Waals surface area contributed by atoms with E-state index in [9.17, 15) is 14.7 Å². The van der Waals surface area contributed by atoms with E-state index in [1.165, 1.54) is 11.3 Å². The first-order valence-corrected chi connectivity index (χ1v) is 8.32. The third kappa shape index (κ3) is 4.25. The number of carboxylic acids is 1. The van der Waals surface area contributed by atoms with E-state index in [2.05, 4.69) is 27.0 Å². The first kappa shape index (κ1) is 16.9. The van der Waals surface area contributed by atoms with Crippen molar-refractivity contribution in [2.24, 2.45) is 0 Å². The first-order valence-electron chi connectivity index (χ1n) is 7.51. The Morgan fingerprint density at radius 2 is 1.86 bits per heavy atom. The quantitative estimate of drug-likeness (QED) is 0.820. The number of piperazine rings is 1. The second-order valence-corrected chi connectivity index (χ2v) is 6.29. The smallest absolute Gasteiger partial charge is 0.355 e. The van der Waals surface area contributed by atoms with Crippen molar-refractivity contribution in [2.75, 3.05) is 38.0 Å². The van der Waals surface area contributed by atoms with Crippen LogP contribution in [0.5, 0.6) is 0 Å². The van der Waals surface area contributed by atoms with E-state index in [-0.39, 0.29) is 11.6 Å².